The number of amides is 1. The smallest absolute Gasteiger partial charge is 0.227 e. The number of hydrogen-bond donors (Lipinski definition) is 0. The lowest BCUT2D eigenvalue weighted by Gasteiger charge is -2.37. The van der Waals surface area contributed by atoms with E-state index in [-0.39, 0.29) is 18.1 Å². The standard InChI is InChI=1S/C15H20BrFN2O/c1-11(2)18-5-7-19(8-6-18)15(20)10-12-9-13(16)3-4-14(12)17/h3-4,9,11H,5-8,10H2,1-2H3. The van der Waals surface area contributed by atoms with E-state index < -0.39 is 0 Å². The molecule has 1 aromatic carbocycles. The van der Waals surface area contributed by atoms with Gasteiger partial charge in [-0.15, -0.1) is 0 Å². The zero-order valence-electron chi connectivity index (χ0n) is 11.9. The lowest BCUT2D eigenvalue weighted by atomic mass is 10.1. The van der Waals surface area contributed by atoms with Gasteiger partial charge in [0, 0.05) is 36.7 Å². The molecular weight excluding hydrogens is 323 g/mol. The van der Waals surface area contributed by atoms with E-state index >= 15 is 0 Å². The van der Waals surface area contributed by atoms with Crippen molar-refractivity contribution in [1.29, 1.82) is 0 Å². The number of carbonyl (C=O) groups is 1. The first-order valence-electron chi connectivity index (χ1n) is 6.93. The predicted octanol–water partition coefficient (Wildman–Crippen LogP) is 2.68. The van der Waals surface area contributed by atoms with E-state index in [2.05, 4.69) is 34.7 Å². The van der Waals surface area contributed by atoms with Crippen LogP contribution in [-0.4, -0.2) is 47.9 Å². The summed E-state index contributed by atoms with van der Waals surface area (Å²) in [5.74, 6) is -0.312. The molecule has 5 heteroatoms. The molecule has 0 bridgehead atoms. The lowest BCUT2D eigenvalue weighted by Crippen LogP contribution is -2.51. The first kappa shape index (κ1) is 15.4. The van der Waals surface area contributed by atoms with Crippen LogP contribution in [0, 0.1) is 5.82 Å². The molecule has 0 unspecified atom stereocenters. The second-order valence-electron chi connectivity index (χ2n) is 5.42. The summed E-state index contributed by atoms with van der Waals surface area (Å²) in [6.45, 7) is 7.57. The molecule has 0 spiro atoms. The second kappa shape index (κ2) is 6.68. The minimum atomic E-state index is -0.317. The maximum atomic E-state index is 13.7. The van der Waals surface area contributed by atoms with E-state index in [4.69, 9.17) is 0 Å². The second-order valence-corrected chi connectivity index (χ2v) is 6.34. The molecule has 1 amide bonds. The van der Waals surface area contributed by atoms with Gasteiger partial charge in [-0.3, -0.25) is 9.69 Å². The number of piperazine rings is 1. The molecule has 1 heterocycles. The fourth-order valence-corrected chi connectivity index (χ4v) is 2.85. The van der Waals surface area contributed by atoms with Crippen molar-refractivity contribution in [2.24, 2.45) is 0 Å². The molecule has 20 heavy (non-hydrogen) atoms. The Hall–Kier alpha value is -0.940. The Balaban J connectivity index is 1.94. The summed E-state index contributed by atoms with van der Waals surface area (Å²) < 4.78 is 14.5. The maximum Gasteiger partial charge on any atom is 0.227 e. The van der Waals surface area contributed by atoms with Gasteiger partial charge in [0.25, 0.3) is 0 Å². The third kappa shape index (κ3) is 3.79. The largest absolute Gasteiger partial charge is 0.340 e. The van der Waals surface area contributed by atoms with Crippen LogP contribution in [0.15, 0.2) is 22.7 Å². The first-order valence-corrected chi connectivity index (χ1v) is 7.72. The van der Waals surface area contributed by atoms with Crippen LogP contribution in [-0.2, 0) is 11.2 Å². The summed E-state index contributed by atoms with van der Waals surface area (Å²) in [6, 6.07) is 5.22. The molecule has 3 nitrogen and oxygen atoms in total. The normalized spacial score (nSPS) is 16.8. The van der Waals surface area contributed by atoms with Crippen LogP contribution in [0.2, 0.25) is 0 Å². The molecule has 110 valence electrons. The average Bonchev–Trinajstić information content (AvgIpc) is 2.43. The van der Waals surface area contributed by atoms with Gasteiger partial charge in [-0.2, -0.15) is 0 Å². The van der Waals surface area contributed by atoms with Crippen molar-refractivity contribution in [2.45, 2.75) is 26.3 Å². The molecule has 0 aliphatic carbocycles. The van der Waals surface area contributed by atoms with E-state index in [1.807, 2.05) is 4.90 Å². The first-order chi connectivity index (χ1) is 9.47. The fraction of sp³-hybridized carbons (Fsp3) is 0.533. The molecule has 0 saturated carbocycles. The zero-order chi connectivity index (χ0) is 14.7. The summed E-state index contributed by atoms with van der Waals surface area (Å²) in [4.78, 5) is 16.4. The van der Waals surface area contributed by atoms with Crippen molar-refractivity contribution in [2.75, 3.05) is 26.2 Å². The predicted molar refractivity (Wildman–Crippen MR) is 81.1 cm³/mol. The van der Waals surface area contributed by atoms with Crippen LogP contribution in [0.25, 0.3) is 0 Å². The molecular formula is C15H20BrFN2O. The molecule has 0 N–H and O–H groups in total. The van der Waals surface area contributed by atoms with Gasteiger partial charge in [0.05, 0.1) is 6.42 Å². The highest BCUT2D eigenvalue weighted by Gasteiger charge is 2.23. The molecule has 0 radical (unpaired) electrons. The Kier molecular flexibility index (Phi) is 5.16. The number of nitrogens with zero attached hydrogens (tertiary/aromatic N) is 2. The van der Waals surface area contributed by atoms with Gasteiger partial charge in [0.15, 0.2) is 0 Å². The quantitative estimate of drug-likeness (QED) is 0.843. The van der Waals surface area contributed by atoms with E-state index in [1.165, 1.54) is 6.07 Å². The third-order valence-electron chi connectivity index (χ3n) is 3.75. The number of halogens is 2. The van der Waals surface area contributed by atoms with Crippen LogP contribution >= 0.6 is 15.9 Å². The van der Waals surface area contributed by atoms with Gasteiger partial charge in [0.2, 0.25) is 5.91 Å². The summed E-state index contributed by atoms with van der Waals surface area (Å²) in [6.07, 6.45) is 0.132. The van der Waals surface area contributed by atoms with E-state index in [1.54, 1.807) is 12.1 Å². The molecule has 0 atom stereocenters. The molecule has 2 rings (SSSR count). The van der Waals surface area contributed by atoms with Gasteiger partial charge in [0.1, 0.15) is 5.82 Å². The molecule has 1 aliphatic heterocycles. The van der Waals surface area contributed by atoms with E-state index in [9.17, 15) is 9.18 Å². The van der Waals surface area contributed by atoms with Crippen LogP contribution in [0.3, 0.4) is 0 Å². The highest BCUT2D eigenvalue weighted by molar-refractivity contribution is 9.10. The average molecular weight is 343 g/mol. The van der Waals surface area contributed by atoms with Crippen LogP contribution in [0.4, 0.5) is 4.39 Å². The van der Waals surface area contributed by atoms with Crippen molar-refractivity contribution in [3.63, 3.8) is 0 Å². The van der Waals surface area contributed by atoms with Crippen molar-refractivity contribution < 1.29 is 9.18 Å². The van der Waals surface area contributed by atoms with Gasteiger partial charge in [-0.1, -0.05) is 15.9 Å². The van der Waals surface area contributed by atoms with Gasteiger partial charge >= 0.3 is 0 Å². The monoisotopic (exact) mass is 342 g/mol. The summed E-state index contributed by atoms with van der Waals surface area (Å²) >= 11 is 3.31. The van der Waals surface area contributed by atoms with Gasteiger partial charge in [-0.25, -0.2) is 4.39 Å². The zero-order valence-corrected chi connectivity index (χ0v) is 13.5. The maximum absolute atomic E-state index is 13.7. The third-order valence-corrected chi connectivity index (χ3v) is 4.24. The molecule has 0 aromatic heterocycles. The number of benzene rings is 1. The van der Waals surface area contributed by atoms with E-state index in [0.29, 0.717) is 11.6 Å². The molecule has 1 fully saturated rings. The van der Waals surface area contributed by atoms with Gasteiger partial charge < -0.3 is 4.90 Å². The Morgan fingerprint density at radius 2 is 1.95 bits per heavy atom. The summed E-state index contributed by atoms with van der Waals surface area (Å²) in [7, 11) is 0. The van der Waals surface area contributed by atoms with Gasteiger partial charge in [-0.05, 0) is 37.6 Å². The number of hydrogen-bond acceptors (Lipinski definition) is 2. The topological polar surface area (TPSA) is 23.6 Å². The molecule has 1 saturated heterocycles. The minimum absolute atomic E-state index is 0.00501. The summed E-state index contributed by atoms with van der Waals surface area (Å²) in [5, 5.41) is 0. The highest BCUT2D eigenvalue weighted by atomic mass is 79.9. The van der Waals surface area contributed by atoms with Crippen molar-refractivity contribution in [3.8, 4) is 0 Å². The SMILES string of the molecule is CC(C)N1CCN(C(=O)Cc2cc(Br)ccc2F)CC1. The fourth-order valence-electron chi connectivity index (χ4n) is 2.44. The lowest BCUT2D eigenvalue weighted by molar-refractivity contribution is -0.132. The van der Waals surface area contributed by atoms with E-state index in [0.717, 1.165) is 30.7 Å². The summed E-state index contributed by atoms with van der Waals surface area (Å²) in [5.41, 5.74) is 0.454. The van der Waals surface area contributed by atoms with Crippen molar-refractivity contribution in [1.82, 2.24) is 9.80 Å². The van der Waals surface area contributed by atoms with Crippen molar-refractivity contribution in [3.05, 3.63) is 34.1 Å². The highest BCUT2D eigenvalue weighted by Crippen LogP contribution is 2.17. The Morgan fingerprint density at radius 1 is 1.30 bits per heavy atom. The Morgan fingerprint density at radius 3 is 2.55 bits per heavy atom. The minimum Gasteiger partial charge on any atom is -0.340 e. The number of rotatable bonds is 3. The van der Waals surface area contributed by atoms with Crippen LogP contribution in [0.5, 0.6) is 0 Å². The molecule has 1 aliphatic rings. The Bertz CT molecular complexity index is 485. The van der Waals surface area contributed by atoms with Crippen LogP contribution < -0.4 is 0 Å². The molecule has 1 aromatic rings. The van der Waals surface area contributed by atoms with Crippen molar-refractivity contribution >= 4 is 21.8 Å². The number of carbonyl (C=O) groups excluding carboxylic acids is 1. The Labute approximate surface area is 127 Å². The van der Waals surface area contributed by atoms with Crippen LogP contribution in [0.1, 0.15) is 19.4 Å².